The molecule has 0 amide bonds. The van der Waals surface area contributed by atoms with Gasteiger partial charge in [-0.1, -0.05) is 11.2 Å². The van der Waals surface area contributed by atoms with Crippen LogP contribution >= 0.6 is 0 Å². The normalized spacial score (nSPS) is 12.6. The molecule has 9 heavy (non-hydrogen) atoms. The number of hydrogen-bond donors (Lipinski definition) is 0. The third-order valence-electron chi connectivity index (χ3n) is 0.746. The monoisotopic (exact) mass is 127 g/mol. The Hall–Kier alpha value is -0.790. The Morgan fingerprint density at radius 3 is 2.78 bits per heavy atom. The zero-order valence-corrected chi connectivity index (χ0v) is 6.22. The Morgan fingerprint density at radius 2 is 2.33 bits per heavy atom. The fourth-order valence-electron chi connectivity index (χ4n) is 0.438. The molecule has 0 bridgehead atoms. The molecule has 0 aromatic rings. The number of oxime groups is 1. The van der Waals surface area contributed by atoms with Crippen LogP contribution in [0.4, 0.5) is 0 Å². The zero-order valence-electron chi connectivity index (χ0n) is 6.22. The SMILES string of the molecule is C/C=C/C(C)=N/OCC. The molecule has 0 fully saturated rings. The van der Waals surface area contributed by atoms with Crippen LogP contribution < -0.4 is 0 Å². The molecule has 0 saturated carbocycles. The van der Waals surface area contributed by atoms with Crippen molar-refractivity contribution in [1.29, 1.82) is 0 Å². The second kappa shape index (κ2) is 5.35. The Kier molecular flexibility index (Phi) is 4.88. The van der Waals surface area contributed by atoms with Crippen molar-refractivity contribution >= 4 is 5.71 Å². The Morgan fingerprint density at radius 1 is 1.67 bits per heavy atom. The fourth-order valence-corrected chi connectivity index (χ4v) is 0.438. The highest BCUT2D eigenvalue weighted by Gasteiger charge is 1.79. The second-order valence-corrected chi connectivity index (χ2v) is 1.65. The molecule has 0 rings (SSSR count). The van der Waals surface area contributed by atoms with E-state index in [1.54, 1.807) is 0 Å². The standard InChI is InChI=1S/C7H13NO/c1-4-6-7(3)8-9-5-2/h4,6H,5H2,1-3H3/b6-4+,8-7+. The summed E-state index contributed by atoms with van der Waals surface area (Å²) in [5.41, 5.74) is 0.902. The summed E-state index contributed by atoms with van der Waals surface area (Å²) in [6, 6.07) is 0. The van der Waals surface area contributed by atoms with E-state index in [9.17, 15) is 0 Å². The summed E-state index contributed by atoms with van der Waals surface area (Å²) < 4.78 is 0. The Labute approximate surface area is 56.2 Å². The molecule has 0 atom stereocenters. The van der Waals surface area contributed by atoms with Crippen molar-refractivity contribution in [1.82, 2.24) is 0 Å². The average molecular weight is 127 g/mol. The van der Waals surface area contributed by atoms with Crippen LogP contribution in [0.1, 0.15) is 20.8 Å². The van der Waals surface area contributed by atoms with E-state index in [0.717, 1.165) is 5.71 Å². The first-order valence-corrected chi connectivity index (χ1v) is 3.10. The molecule has 0 radical (unpaired) electrons. The van der Waals surface area contributed by atoms with Crippen molar-refractivity contribution in [2.75, 3.05) is 6.61 Å². The molecule has 0 N–H and O–H groups in total. The molecule has 0 unspecified atom stereocenters. The minimum absolute atomic E-state index is 0.634. The molecule has 0 aliphatic rings. The number of hydrogen-bond acceptors (Lipinski definition) is 2. The summed E-state index contributed by atoms with van der Waals surface area (Å²) in [5.74, 6) is 0. The minimum Gasteiger partial charge on any atom is -0.396 e. The van der Waals surface area contributed by atoms with Gasteiger partial charge in [0.25, 0.3) is 0 Å². The van der Waals surface area contributed by atoms with E-state index in [1.807, 2.05) is 32.9 Å². The second-order valence-electron chi connectivity index (χ2n) is 1.65. The third-order valence-corrected chi connectivity index (χ3v) is 0.746. The van der Waals surface area contributed by atoms with Crippen molar-refractivity contribution in [2.24, 2.45) is 5.16 Å². The summed E-state index contributed by atoms with van der Waals surface area (Å²) in [5, 5.41) is 3.76. The van der Waals surface area contributed by atoms with Crippen molar-refractivity contribution in [3.63, 3.8) is 0 Å². The lowest BCUT2D eigenvalue weighted by Gasteiger charge is -1.91. The van der Waals surface area contributed by atoms with Crippen LogP contribution in [0.2, 0.25) is 0 Å². The lowest BCUT2D eigenvalue weighted by atomic mass is 10.4. The molecule has 0 aromatic carbocycles. The van der Waals surface area contributed by atoms with E-state index in [1.165, 1.54) is 0 Å². The quantitative estimate of drug-likeness (QED) is 0.419. The van der Waals surface area contributed by atoms with E-state index in [2.05, 4.69) is 5.16 Å². The van der Waals surface area contributed by atoms with Crippen molar-refractivity contribution in [3.05, 3.63) is 12.2 Å². The molecule has 0 saturated heterocycles. The van der Waals surface area contributed by atoms with Gasteiger partial charge in [-0.05, 0) is 26.8 Å². The highest BCUT2D eigenvalue weighted by Crippen LogP contribution is 1.82. The molecule has 2 nitrogen and oxygen atoms in total. The Bertz CT molecular complexity index is 116. The van der Waals surface area contributed by atoms with Crippen LogP contribution in [0.25, 0.3) is 0 Å². The van der Waals surface area contributed by atoms with Crippen LogP contribution in [0.15, 0.2) is 17.3 Å². The summed E-state index contributed by atoms with van der Waals surface area (Å²) in [7, 11) is 0. The number of rotatable bonds is 3. The highest BCUT2D eigenvalue weighted by molar-refractivity contribution is 5.92. The van der Waals surface area contributed by atoms with Crippen molar-refractivity contribution in [2.45, 2.75) is 20.8 Å². The van der Waals surface area contributed by atoms with E-state index in [4.69, 9.17) is 4.84 Å². The van der Waals surface area contributed by atoms with Crippen molar-refractivity contribution in [3.8, 4) is 0 Å². The minimum atomic E-state index is 0.634. The van der Waals surface area contributed by atoms with Gasteiger partial charge < -0.3 is 4.84 Å². The summed E-state index contributed by atoms with van der Waals surface area (Å²) in [6.07, 6.45) is 3.83. The van der Waals surface area contributed by atoms with E-state index >= 15 is 0 Å². The van der Waals surface area contributed by atoms with E-state index < -0.39 is 0 Å². The van der Waals surface area contributed by atoms with Crippen LogP contribution in [-0.4, -0.2) is 12.3 Å². The lowest BCUT2D eigenvalue weighted by molar-refractivity contribution is 0.159. The van der Waals surface area contributed by atoms with Gasteiger partial charge in [-0.2, -0.15) is 0 Å². The van der Waals surface area contributed by atoms with Crippen LogP contribution in [0, 0.1) is 0 Å². The predicted molar refractivity (Wildman–Crippen MR) is 39.5 cm³/mol. The van der Waals surface area contributed by atoms with Gasteiger partial charge in [0, 0.05) is 0 Å². The van der Waals surface area contributed by atoms with E-state index in [-0.39, 0.29) is 0 Å². The van der Waals surface area contributed by atoms with Crippen LogP contribution in [0.5, 0.6) is 0 Å². The smallest absolute Gasteiger partial charge is 0.114 e. The van der Waals surface area contributed by atoms with Crippen LogP contribution in [0.3, 0.4) is 0 Å². The van der Waals surface area contributed by atoms with Gasteiger partial charge in [0.2, 0.25) is 0 Å². The predicted octanol–water partition coefficient (Wildman–Crippen LogP) is 1.97. The fraction of sp³-hybridized carbons (Fsp3) is 0.571. The Balaban J connectivity index is 3.55. The molecular weight excluding hydrogens is 114 g/mol. The maximum Gasteiger partial charge on any atom is 0.114 e. The first-order chi connectivity index (χ1) is 4.31. The molecule has 0 spiro atoms. The lowest BCUT2D eigenvalue weighted by Crippen LogP contribution is -1.87. The van der Waals surface area contributed by atoms with Gasteiger partial charge in [-0.25, -0.2) is 0 Å². The molecule has 52 valence electrons. The summed E-state index contributed by atoms with van der Waals surface area (Å²) in [4.78, 5) is 4.78. The molecule has 0 heterocycles. The van der Waals surface area contributed by atoms with E-state index in [0.29, 0.717) is 6.61 Å². The average Bonchev–Trinajstić information content (AvgIpc) is 1.85. The summed E-state index contributed by atoms with van der Waals surface area (Å²) >= 11 is 0. The summed E-state index contributed by atoms with van der Waals surface area (Å²) in [6.45, 7) is 6.39. The third kappa shape index (κ3) is 5.07. The molecule has 0 aliphatic carbocycles. The van der Waals surface area contributed by atoms with Crippen LogP contribution in [-0.2, 0) is 4.84 Å². The molecule has 0 aliphatic heterocycles. The zero-order chi connectivity index (χ0) is 7.11. The largest absolute Gasteiger partial charge is 0.396 e. The van der Waals surface area contributed by atoms with Crippen molar-refractivity contribution < 1.29 is 4.84 Å². The molecule has 0 aromatic heterocycles. The van der Waals surface area contributed by atoms with Gasteiger partial charge in [-0.3, -0.25) is 0 Å². The maximum absolute atomic E-state index is 4.78. The number of nitrogens with zero attached hydrogens (tertiary/aromatic N) is 1. The maximum atomic E-state index is 4.78. The first-order valence-electron chi connectivity index (χ1n) is 3.10. The molecule has 2 heteroatoms. The number of allylic oxidation sites excluding steroid dienone is 2. The topological polar surface area (TPSA) is 21.6 Å². The highest BCUT2D eigenvalue weighted by atomic mass is 16.6. The molecular formula is C7H13NO. The van der Waals surface area contributed by atoms with Gasteiger partial charge in [0.1, 0.15) is 6.61 Å². The van der Waals surface area contributed by atoms with Gasteiger partial charge in [0.15, 0.2) is 0 Å². The first kappa shape index (κ1) is 8.21. The van der Waals surface area contributed by atoms with Gasteiger partial charge in [-0.15, -0.1) is 0 Å². The van der Waals surface area contributed by atoms with Gasteiger partial charge in [0.05, 0.1) is 5.71 Å². The van der Waals surface area contributed by atoms with Gasteiger partial charge >= 0.3 is 0 Å².